The standard InChI is InChI=1S/C21H22ClN3O2/c22-17-5-4-8-19(14-17)25-15-16(13-20(25)26)21(27)24-11-9-23(10-12-24)18-6-2-1-3-7-18/h1-8,14,16H,9-13,15H2. The summed E-state index contributed by atoms with van der Waals surface area (Å²) in [5, 5.41) is 0.590. The van der Waals surface area contributed by atoms with Gasteiger partial charge in [0.15, 0.2) is 0 Å². The highest BCUT2D eigenvalue weighted by atomic mass is 35.5. The van der Waals surface area contributed by atoms with Crippen molar-refractivity contribution < 1.29 is 9.59 Å². The molecular formula is C21H22ClN3O2. The molecular weight excluding hydrogens is 362 g/mol. The van der Waals surface area contributed by atoms with E-state index in [1.54, 1.807) is 17.0 Å². The Bertz CT molecular complexity index is 834. The molecule has 6 heteroatoms. The van der Waals surface area contributed by atoms with Gasteiger partial charge in [-0.15, -0.1) is 0 Å². The van der Waals surface area contributed by atoms with Crippen molar-refractivity contribution in [2.24, 2.45) is 5.92 Å². The maximum Gasteiger partial charge on any atom is 0.228 e. The van der Waals surface area contributed by atoms with Gasteiger partial charge in [0, 0.05) is 55.5 Å². The van der Waals surface area contributed by atoms with Gasteiger partial charge in [-0.2, -0.15) is 0 Å². The van der Waals surface area contributed by atoms with Gasteiger partial charge >= 0.3 is 0 Å². The van der Waals surface area contributed by atoms with Crippen LogP contribution < -0.4 is 9.80 Å². The van der Waals surface area contributed by atoms with Gasteiger partial charge < -0.3 is 14.7 Å². The number of piperazine rings is 1. The molecule has 2 aliphatic rings. The molecule has 0 aliphatic carbocycles. The Hall–Kier alpha value is -2.53. The number of hydrogen-bond donors (Lipinski definition) is 0. The van der Waals surface area contributed by atoms with Crippen LogP contribution in [0.5, 0.6) is 0 Å². The lowest BCUT2D eigenvalue weighted by Gasteiger charge is -2.37. The molecule has 0 bridgehead atoms. The molecule has 1 atom stereocenters. The lowest BCUT2D eigenvalue weighted by Crippen LogP contribution is -2.50. The van der Waals surface area contributed by atoms with Crippen molar-refractivity contribution in [2.45, 2.75) is 6.42 Å². The van der Waals surface area contributed by atoms with Gasteiger partial charge in [-0.05, 0) is 30.3 Å². The van der Waals surface area contributed by atoms with Crippen LogP contribution in [0.2, 0.25) is 5.02 Å². The van der Waals surface area contributed by atoms with Gasteiger partial charge in [0.1, 0.15) is 0 Å². The second-order valence-corrected chi connectivity index (χ2v) is 7.47. The summed E-state index contributed by atoms with van der Waals surface area (Å²) >= 11 is 6.04. The van der Waals surface area contributed by atoms with Crippen LogP contribution in [0, 0.1) is 5.92 Å². The maximum atomic E-state index is 12.9. The first-order valence-corrected chi connectivity index (χ1v) is 9.64. The van der Waals surface area contributed by atoms with E-state index in [0.717, 1.165) is 18.8 Å². The van der Waals surface area contributed by atoms with Crippen LogP contribution in [-0.2, 0) is 9.59 Å². The predicted octanol–water partition coefficient (Wildman–Crippen LogP) is 3.04. The first-order chi connectivity index (χ1) is 13.1. The summed E-state index contributed by atoms with van der Waals surface area (Å²) in [6.07, 6.45) is 0.268. The number of carbonyl (C=O) groups is 2. The van der Waals surface area contributed by atoms with E-state index < -0.39 is 0 Å². The number of rotatable bonds is 3. The molecule has 0 radical (unpaired) electrons. The van der Waals surface area contributed by atoms with Gasteiger partial charge in [-0.25, -0.2) is 0 Å². The largest absolute Gasteiger partial charge is 0.368 e. The highest BCUT2D eigenvalue weighted by Gasteiger charge is 2.38. The van der Waals surface area contributed by atoms with Crippen molar-refractivity contribution in [2.75, 3.05) is 42.5 Å². The molecule has 2 amide bonds. The normalized spacial score (nSPS) is 20.3. The first-order valence-electron chi connectivity index (χ1n) is 9.26. The Kier molecular flexibility index (Phi) is 5.03. The maximum absolute atomic E-state index is 12.9. The fourth-order valence-electron chi connectivity index (χ4n) is 3.85. The van der Waals surface area contributed by atoms with E-state index in [1.165, 1.54) is 5.69 Å². The quantitative estimate of drug-likeness (QED) is 0.818. The van der Waals surface area contributed by atoms with E-state index in [2.05, 4.69) is 17.0 Å². The minimum Gasteiger partial charge on any atom is -0.368 e. The summed E-state index contributed by atoms with van der Waals surface area (Å²) in [4.78, 5) is 31.2. The van der Waals surface area contributed by atoms with Crippen molar-refractivity contribution >= 4 is 34.8 Å². The topological polar surface area (TPSA) is 43.9 Å². The van der Waals surface area contributed by atoms with E-state index in [1.807, 2.05) is 35.2 Å². The molecule has 140 valence electrons. The number of benzene rings is 2. The molecule has 0 N–H and O–H groups in total. The summed E-state index contributed by atoms with van der Waals surface area (Å²) < 4.78 is 0. The monoisotopic (exact) mass is 383 g/mol. The molecule has 5 nitrogen and oxygen atoms in total. The van der Waals surface area contributed by atoms with Crippen molar-refractivity contribution in [1.29, 1.82) is 0 Å². The fraction of sp³-hybridized carbons (Fsp3) is 0.333. The van der Waals surface area contributed by atoms with Gasteiger partial charge in [0.2, 0.25) is 11.8 Å². The average molecular weight is 384 g/mol. The molecule has 4 rings (SSSR count). The van der Waals surface area contributed by atoms with Gasteiger partial charge in [-0.1, -0.05) is 35.9 Å². The third-order valence-electron chi connectivity index (χ3n) is 5.31. The third-order valence-corrected chi connectivity index (χ3v) is 5.54. The van der Waals surface area contributed by atoms with Crippen LogP contribution in [-0.4, -0.2) is 49.4 Å². The van der Waals surface area contributed by atoms with Gasteiger partial charge in [-0.3, -0.25) is 9.59 Å². The van der Waals surface area contributed by atoms with E-state index >= 15 is 0 Å². The van der Waals surface area contributed by atoms with Crippen LogP contribution in [0.15, 0.2) is 54.6 Å². The summed E-state index contributed by atoms with van der Waals surface area (Å²) in [6, 6.07) is 17.5. The second kappa shape index (κ2) is 7.61. The molecule has 2 fully saturated rings. The minimum absolute atomic E-state index is 0.0152. The molecule has 1 unspecified atom stereocenters. The fourth-order valence-corrected chi connectivity index (χ4v) is 4.03. The van der Waals surface area contributed by atoms with Crippen molar-refractivity contribution in [1.82, 2.24) is 4.90 Å². The molecule has 2 aliphatic heterocycles. The van der Waals surface area contributed by atoms with Crippen molar-refractivity contribution in [3.8, 4) is 0 Å². The Labute approximate surface area is 164 Å². The molecule has 27 heavy (non-hydrogen) atoms. The Morgan fingerprint density at radius 3 is 2.33 bits per heavy atom. The number of anilines is 2. The van der Waals surface area contributed by atoms with Crippen LogP contribution in [0.3, 0.4) is 0 Å². The van der Waals surface area contributed by atoms with Gasteiger partial charge in [0.25, 0.3) is 0 Å². The minimum atomic E-state index is -0.278. The van der Waals surface area contributed by atoms with Crippen molar-refractivity contribution in [3.05, 3.63) is 59.6 Å². The van der Waals surface area contributed by atoms with Crippen LogP contribution in [0.1, 0.15) is 6.42 Å². The summed E-state index contributed by atoms with van der Waals surface area (Å²) in [5.74, 6) is -0.209. The summed E-state index contributed by atoms with van der Waals surface area (Å²) in [5.41, 5.74) is 1.95. The zero-order valence-electron chi connectivity index (χ0n) is 15.1. The lowest BCUT2D eigenvalue weighted by atomic mass is 10.1. The third kappa shape index (κ3) is 3.78. The smallest absolute Gasteiger partial charge is 0.228 e. The summed E-state index contributed by atoms with van der Waals surface area (Å²) in [7, 11) is 0. The zero-order valence-corrected chi connectivity index (χ0v) is 15.8. The van der Waals surface area contributed by atoms with Crippen LogP contribution >= 0.6 is 11.6 Å². The number of halogens is 1. The molecule has 2 aromatic rings. The second-order valence-electron chi connectivity index (χ2n) is 7.03. The molecule has 2 heterocycles. The Balaban J connectivity index is 1.37. The Morgan fingerprint density at radius 2 is 1.63 bits per heavy atom. The Morgan fingerprint density at radius 1 is 0.926 bits per heavy atom. The number of carbonyl (C=O) groups excluding carboxylic acids is 2. The zero-order chi connectivity index (χ0) is 18.8. The number of hydrogen-bond acceptors (Lipinski definition) is 3. The number of para-hydroxylation sites is 1. The molecule has 0 aromatic heterocycles. The highest BCUT2D eigenvalue weighted by molar-refractivity contribution is 6.31. The molecule has 2 saturated heterocycles. The van der Waals surface area contributed by atoms with E-state index in [-0.39, 0.29) is 24.2 Å². The van der Waals surface area contributed by atoms with E-state index in [0.29, 0.717) is 24.7 Å². The van der Waals surface area contributed by atoms with Crippen molar-refractivity contribution in [3.63, 3.8) is 0 Å². The summed E-state index contributed by atoms with van der Waals surface area (Å²) in [6.45, 7) is 3.44. The highest BCUT2D eigenvalue weighted by Crippen LogP contribution is 2.28. The van der Waals surface area contributed by atoms with E-state index in [9.17, 15) is 9.59 Å². The molecule has 2 aromatic carbocycles. The predicted molar refractivity (Wildman–Crippen MR) is 107 cm³/mol. The van der Waals surface area contributed by atoms with E-state index in [4.69, 9.17) is 11.6 Å². The van der Waals surface area contributed by atoms with Crippen LogP contribution in [0.4, 0.5) is 11.4 Å². The molecule has 0 saturated carbocycles. The average Bonchev–Trinajstić information content (AvgIpc) is 3.10. The SMILES string of the molecule is O=C(C1CC(=O)N(c2cccc(Cl)c2)C1)N1CCN(c2ccccc2)CC1. The van der Waals surface area contributed by atoms with Gasteiger partial charge in [0.05, 0.1) is 5.92 Å². The number of nitrogens with zero attached hydrogens (tertiary/aromatic N) is 3. The lowest BCUT2D eigenvalue weighted by molar-refractivity contribution is -0.136. The van der Waals surface area contributed by atoms with Crippen LogP contribution in [0.25, 0.3) is 0 Å². The number of amides is 2. The first kappa shape index (κ1) is 17.9. The molecule has 0 spiro atoms.